The highest BCUT2D eigenvalue weighted by Crippen LogP contribution is 2.32. The molecule has 212 valence electrons. The molecule has 0 saturated carbocycles. The molecule has 7 nitrogen and oxygen atoms in total. The molecule has 0 N–H and O–H groups in total. The predicted molar refractivity (Wildman–Crippen MR) is 164 cm³/mol. The molecule has 4 aromatic carbocycles. The van der Waals surface area contributed by atoms with Crippen LogP contribution in [-0.2, 0) is 4.74 Å². The zero-order valence-electron chi connectivity index (χ0n) is 23.7. The maximum absolute atomic E-state index is 13.7. The number of Topliss-reactive ketones (excluding diaryl/α,β-unsaturated/α-hetero) is 1. The van der Waals surface area contributed by atoms with Gasteiger partial charge in [0.05, 0.1) is 33.6 Å². The lowest BCUT2D eigenvalue weighted by atomic mass is 10.0. The van der Waals surface area contributed by atoms with E-state index in [-0.39, 0.29) is 17.6 Å². The van der Waals surface area contributed by atoms with Gasteiger partial charge in [-0.3, -0.25) is 14.4 Å². The Morgan fingerprint density at radius 2 is 1.47 bits per heavy atom. The van der Waals surface area contributed by atoms with E-state index in [2.05, 4.69) is 0 Å². The van der Waals surface area contributed by atoms with Crippen molar-refractivity contribution in [3.63, 3.8) is 0 Å². The first kappa shape index (κ1) is 27.7. The molecule has 1 atom stereocenters. The van der Waals surface area contributed by atoms with E-state index in [1.165, 1.54) is 0 Å². The highest BCUT2D eigenvalue weighted by atomic mass is 16.5. The fourth-order valence-corrected chi connectivity index (χ4v) is 5.35. The Labute approximate surface area is 248 Å². The minimum Gasteiger partial charge on any atom is -0.450 e. The number of hydrogen-bond donors (Lipinski definition) is 0. The van der Waals surface area contributed by atoms with Crippen molar-refractivity contribution in [2.75, 3.05) is 4.90 Å². The van der Waals surface area contributed by atoms with Crippen molar-refractivity contribution < 1.29 is 23.9 Å². The highest BCUT2D eigenvalue weighted by Gasteiger charge is 2.36. The van der Waals surface area contributed by atoms with Gasteiger partial charge in [0.15, 0.2) is 6.10 Å². The first-order valence-corrected chi connectivity index (χ1v) is 14.2. The van der Waals surface area contributed by atoms with Gasteiger partial charge in [-0.2, -0.15) is 0 Å². The third kappa shape index (κ3) is 5.21. The van der Waals surface area contributed by atoms with Crippen molar-refractivity contribution in [3.8, 4) is 11.3 Å². The summed E-state index contributed by atoms with van der Waals surface area (Å²) in [5.41, 5.74) is 4.72. The van der Waals surface area contributed by atoms with Crippen LogP contribution in [0, 0.1) is 6.92 Å². The molecular formula is C36H28N2O5. The minimum atomic E-state index is -0.921. The number of aromatic nitrogens is 1. The van der Waals surface area contributed by atoms with Gasteiger partial charge in [-0.25, -0.2) is 14.7 Å². The van der Waals surface area contributed by atoms with Crippen molar-refractivity contribution in [1.29, 1.82) is 0 Å². The summed E-state index contributed by atoms with van der Waals surface area (Å²) >= 11 is 0. The topological polar surface area (TPSA) is 93.6 Å². The molecule has 0 bridgehead atoms. The number of carbonyl (C=O) groups excluding carboxylic acids is 4. The molecule has 0 radical (unpaired) electrons. The molecule has 0 saturated heterocycles. The lowest BCUT2D eigenvalue weighted by Crippen LogP contribution is -2.29. The summed E-state index contributed by atoms with van der Waals surface area (Å²) in [6.07, 6.45) is 0.140. The summed E-state index contributed by atoms with van der Waals surface area (Å²) in [6, 6.07) is 29.8. The molecule has 5 aromatic rings. The normalized spacial score (nSPS) is 13.2. The lowest BCUT2D eigenvalue weighted by Gasteiger charge is -2.18. The minimum absolute atomic E-state index is 0.241. The molecule has 6 rings (SSSR count). The van der Waals surface area contributed by atoms with Crippen LogP contribution in [-0.4, -0.2) is 34.7 Å². The van der Waals surface area contributed by atoms with Gasteiger partial charge in [-0.05, 0) is 55.8 Å². The fraction of sp³-hybridized carbons (Fsp3) is 0.139. The third-order valence-corrected chi connectivity index (χ3v) is 7.55. The van der Waals surface area contributed by atoms with E-state index in [0.717, 1.165) is 10.5 Å². The number of benzene rings is 4. The molecule has 1 aromatic heterocycles. The number of nitrogens with zero attached hydrogens (tertiary/aromatic N) is 2. The summed E-state index contributed by atoms with van der Waals surface area (Å²) in [4.78, 5) is 58.8. The van der Waals surface area contributed by atoms with E-state index in [0.29, 0.717) is 62.9 Å². The average molecular weight is 569 g/mol. The number of anilines is 1. The second-order valence-corrected chi connectivity index (χ2v) is 10.5. The van der Waals surface area contributed by atoms with E-state index >= 15 is 0 Å². The van der Waals surface area contributed by atoms with Crippen LogP contribution in [0.3, 0.4) is 0 Å². The van der Waals surface area contributed by atoms with Crippen molar-refractivity contribution in [1.82, 2.24) is 4.98 Å². The molecule has 0 aliphatic carbocycles. The van der Waals surface area contributed by atoms with Crippen molar-refractivity contribution in [2.24, 2.45) is 0 Å². The van der Waals surface area contributed by atoms with E-state index in [1.807, 2.05) is 38.1 Å². The second kappa shape index (κ2) is 11.4. The number of pyridine rings is 1. The number of amides is 2. The molecule has 7 heteroatoms. The zero-order chi connectivity index (χ0) is 30.1. The summed E-state index contributed by atoms with van der Waals surface area (Å²) in [5.74, 6) is -1.59. The molecule has 1 aliphatic rings. The summed E-state index contributed by atoms with van der Waals surface area (Å²) < 4.78 is 5.88. The largest absolute Gasteiger partial charge is 0.450 e. The van der Waals surface area contributed by atoms with E-state index in [9.17, 15) is 19.2 Å². The van der Waals surface area contributed by atoms with Gasteiger partial charge in [-0.1, -0.05) is 79.6 Å². The number of carbonyl (C=O) groups is 4. The van der Waals surface area contributed by atoms with Crippen molar-refractivity contribution in [2.45, 2.75) is 32.8 Å². The quantitative estimate of drug-likeness (QED) is 0.111. The second-order valence-electron chi connectivity index (χ2n) is 10.5. The van der Waals surface area contributed by atoms with Crippen LogP contribution in [0.4, 0.5) is 5.69 Å². The van der Waals surface area contributed by atoms with Crippen LogP contribution in [0.25, 0.3) is 22.2 Å². The molecule has 1 aliphatic heterocycles. The van der Waals surface area contributed by atoms with Crippen LogP contribution in [0.15, 0.2) is 103 Å². The third-order valence-electron chi connectivity index (χ3n) is 7.55. The number of ether oxygens (including phenoxy) is 1. The fourth-order valence-electron chi connectivity index (χ4n) is 5.35. The Bertz CT molecular complexity index is 1860. The first-order valence-electron chi connectivity index (χ1n) is 14.2. The van der Waals surface area contributed by atoms with Gasteiger partial charge in [0.2, 0.25) is 5.78 Å². The Morgan fingerprint density at radius 1 is 0.814 bits per heavy atom. The van der Waals surface area contributed by atoms with Crippen LogP contribution >= 0.6 is 0 Å². The monoisotopic (exact) mass is 568 g/mol. The Kier molecular flexibility index (Phi) is 7.38. The molecule has 2 amide bonds. The number of fused-ring (bicyclic) bond motifs is 2. The molecule has 2 heterocycles. The Balaban J connectivity index is 1.34. The van der Waals surface area contributed by atoms with Gasteiger partial charge in [-0.15, -0.1) is 0 Å². The Morgan fingerprint density at radius 3 is 2.12 bits per heavy atom. The van der Waals surface area contributed by atoms with E-state index < -0.39 is 12.1 Å². The Hall–Kier alpha value is -5.43. The first-order chi connectivity index (χ1) is 20.9. The standard InChI is InChI=1S/C36H28N2O5/c1-3-9-32(33(39)24-10-5-4-6-11-24)43-36(42)29-21-31(37-30-19-14-22(2)20-28(29)30)23-15-17-25(18-16-23)38-34(40)26-12-7-8-13-27(26)35(38)41/h4-8,10-21,32H,3,9H2,1-2H3. The number of aryl methyl sites for hydroxylation is 1. The predicted octanol–water partition coefficient (Wildman–Crippen LogP) is 7.22. The SMILES string of the molecule is CCCC(OC(=O)c1cc(-c2ccc(N3C(=O)c4ccccc4C3=O)cc2)nc2ccc(C)cc12)C(=O)c1ccccc1. The lowest BCUT2D eigenvalue weighted by molar-refractivity contribution is 0.0268. The average Bonchev–Trinajstić information content (AvgIpc) is 3.29. The molecule has 0 fully saturated rings. The molecule has 0 spiro atoms. The van der Waals surface area contributed by atoms with E-state index in [1.54, 1.807) is 78.9 Å². The number of imide groups is 1. The van der Waals surface area contributed by atoms with Crippen LogP contribution in [0.2, 0.25) is 0 Å². The van der Waals surface area contributed by atoms with Crippen LogP contribution in [0.1, 0.15) is 66.8 Å². The van der Waals surface area contributed by atoms with Gasteiger partial charge < -0.3 is 4.74 Å². The number of ketones is 1. The van der Waals surface area contributed by atoms with Gasteiger partial charge >= 0.3 is 5.97 Å². The van der Waals surface area contributed by atoms with Gasteiger partial charge in [0, 0.05) is 16.5 Å². The van der Waals surface area contributed by atoms with Gasteiger partial charge in [0.25, 0.3) is 11.8 Å². The molecule has 43 heavy (non-hydrogen) atoms. The highest BCUT2D eigenvalue weighted by molar-refractivity contribution is 6.34. The number of esters is 1. The summed E-state index contributed by atoms with van der Waals surface area (Å²) in [7, 11) is 0. The van der Waals surface area contributed by atoms with Gasteiger partial charge in [0.1, 0.15) is 0 Å². The van der Waals surface area contributed by atoms with Crippen molar-refractivity contribution in [3.05, 3.63) is 131 Å². The number of hydrogen-bond acceptors (Lipinski definition) is 6. The van der Waals surface area contributed by atoms with Crippen molar-refractivity contribution >= 4 is 40.2 Å². The summed E-state index contributed by atoms with van der Waals surface area (Å²) in [5, 5.41) is 0.624. The zero-order valence-corrected chi connectivity index (χ0v) is 23.7. The number of rotatable bonds is 8. The maximum Gasteiger partial charge on any atom is 0.339 e. The molecule has 1 unspecified atom stereocenters. The van der Waals surface area contributed by atoms with E-state index in [4.69, 9.17) is 9.72 Å². The molecular weight excluding hydrogens is 540 g/mol. The smallest absolute Gasteiger partial charge is 0.339 e. The van der Waals surface area contributed by atoms with Crippen LogP contribution < -0.4 is 4.90 Å². The van der Waals surface area contributed by atoms with Crippen LogP contribution in [0.5, 0.6) is 0 Å². The summed E-state index contributed by atoms with van der Waals surface area (Å²) in [6.45, 7) is 3.87. The maximum atomic E-state index is 13.7.